The van der Waals surface area contributed by atoms with E-state index < -0.39 is 29.1 Å². The number of hydrogen-bond acceptors (Lipinski definition) is 6. The van der Waals surface area contributed by atoms with Crippen molar-refractivity contribution in [2.75, 3.05) is 5.75 Å². The first-order chi connectivity index (χ1) is 7.42. The molecule has 0 bridgehead atoms. The quantitative estimate of drug-likeness (QED) is 0.318. The summed E-state index contributed by atoms with van der Waals surface area (Å²) >= 11 is 3.73. The number of thiol groups is 1. The molecule has 92 valence electrons. The molecule has 0 heterocycles. The van der Waals surface area contributed by atoms with Crippen LogP contribution in [0.15, 0.2) is 0 Å². The van der Waals surface area contributed by atoms with Gasteiger partial charge in [0.05, 0.1) is 0 Å². The van der Waals surface area contributed by atoms with Gasteiger partial charge in [-0.25, -0.2) is 4.79 Å². The van der Waals surface area contributed by atoms with E-state index in [1.807, 2.05) is 0 Å². The first-order valence-corrected chi connectivity index (χ1v) is 5.00. The van der Waals surface area contributed by atoms with Crippen LogP contribution in [0.1, 0.15) is 13.3 Å². The van der Waals surface area contributed by atoms with Gasteiger partial charge < -0.3 is 15.3 Å². The van der Waals surface area contributed by atoms with E-state index >= 15 is 0 Å². The van der Waals surface area contributed by atoms with E-state index in [1.54, 1.807) is 0 Å². The Hall–Kier alpha value is -1.51. The van der Waals surface area contributed by atoms with Crippen molar-refractivity contribution in [1.29, 1.82) is 0 Å². The van der Waals surface area contributed by atoms with Crippen LogP contribution in [-0.4, -0.2) is 40.0 Å². The molecular weight excluding hydrogens is 240 g/mol. The fourth-order valence-corrected chi connectivity index (χ4v) is 1.11. The molecule has 0 spiro atoms. The van der Waals surface area contributed by atoms with E-state index in [9.17, 15) is 19.7 Å². The number of nitrogens with zero attached hydrogens (tertiary/aromatic N) is 1. The SMILES string of the molecule is CCC(O[N+](=O)[O-])C(=O)NC(CS)C(=O)O. The van der Waals surface area contributed by atoms with Gasteiger partial charge in [0.25, 0.3) is 5.09 Å². The van der Waals surface area contributed by atoms with Crippen molar-refractivity contribution in [2.24, 2.45) is 0 Å². The zero-order valence-electron chi connectivity index (χ0n) is 8.45. The number of rotatable bonds is 7. The molecule has 0 aromatic rings. The zero-order valence-corrected chi connectivity index (χ0v) is 9.35. The molecule has 0 aromatic carbocycles. The van der Waals surface area contributed by atoms with Crippen LogP contribution in [0.5, 0.6) is 0 Å². The van der Waals surface area contributed by atoms with Crippen LogP contribution in [0.4, 0.5) is 0 Å². The summed E-state index contributed by atoms with van der Waals surface area (Å²) in [5.74, 6) is -2.23. The predicted octanol–water partition coefficient (Wildman–Crippen LogP) is -0.528. The summed E-state index contributed by atoms with van der Waals surface area (Å²) in [7, 11) is 0. The highest BCUT2D eigenvalue weighted by atomic mass is 32.1. The van der Waals surface area contributed by atoms with Gasteiger partial charge in [-0.2, -0.15) is 12.6 Å². The lowest BCUT2D eigenvalue weighted by molar-refractivity contribution is -0.764. The Labute approximate surface area is 96.5 Å². The van der Waals surface area contributed by atoms with Gasteiger partial charge in [-0.05, 0) is 6.42 Å². The second kappa shape index (κ2) is 6.88. The molecule has 0 aliphatic rings. The normalized spacial score (nSPS) is 13.6. The third-order valence-electron chi connectivity index (χ3n) is 1.67. The standard InChI is InChI=1S/C7H12N2O6S/c1-2-5(15-9(13)14)6(10)8-4(3-16)7(11)12/h4-5,16H,2-3H2,1H3,(H,8,10)(H,11,12). The van der Waals surface area contributed by atoms with Crippen molar-refractivity contribution in [3.05, 3.63) is 10.1 Å². The first kappa shape index (κ1) is 14.5. The highest BCUT2D eigenvalue weighted by Gasteiger charge is 2.25. The van der Waals surface area contributed by atoms with Crippen molar-refractivity contribution in [3.8, 4) is 0 Å². The van der Waals surface area contributed by atoms with Gasteiger partial charge in [-0.3, -0.25) is 4.79 Å². The Kier molecular flexibility index (Phi) is 6.23. The van der Waals surface area contributed by atoms with Gasteiger partial charge in [0.15, 0.2) is 6.10 Å². The molecule has 8 nitrogen and oxygen atoms in total. The van der Waals surface area contributed by atoms with Crippen LogP contribution in [-0.2, 0) is 14.4 Å². The van der Waals surface area contributed by atoms with E-state index in [1.165, 1.54) is 6.92 Å². The van der Waals surface area contributed by atoms with E-state index in [-0.39, 0.29) is 12.2 Å². The van der Waals surface area contributed by atoms with Crippen LogP contribution in [0.2, 0.25) is 0 Å². The molecule has 9 heteroatoms. The molecule has 0 saturated heterocycles. The molecule has 16 heavy (non-hydrogen) atoms. The summed E-state index contributed by atoms with van der Waals surface area (Å²) in [6.45, 7) is 1.50. The maximum Gasteiger partial charge on any atom is 0.327 e. The van der Waals surface area contributed by atoms with Crippen LogP contribution < -0.4 is 5.32 Å². The minimum Gasteiger partial charge on any atom is -0.480 e. The van der Waals surface area contributed by atoms with Gasteiger partial charge in [-0.1, -0.05) is 6.92 Å². The molecule has 0 aliphatic carbocycles. The van der Waals surface area contributed by atoms with E-state index in [0.717, 1.165) is 0 Å². The Morgan fingerprint density at radius 1 is 1.62 bits per heavy atom. The largest absolute Gasteiger partial charge is 0.480 e. The highest BCUT2D eigenvalue weighted by molar-refractivity contribution is 7.80. The van der Waals surface area contributed by atoms with Gasteiger partial charge in [0, 0.05) is 5.75 Å². The molecule has 0 rings (SSSR count). The molecule has 2 atom stereocenters. The second-order valence-electron chi connectivity index (χ2n) is 2.81. The Morgan fingerprint density at radius 2 is 2.19 bits per heavy atom. The summed E-state index contributed by atoms with van der Waals surface area (Å²) in [6.07, 6.45) is -1.25. The molecule has 0 saturated carbocycles. The maximum absolute atomic E-state index is 11.3. The van der Waals surface area contributed by atoms with Gasteiger partial charge >= 0.3 is 5.97 Å². The minimum absolute atomic E-state index is 0.0612. The topological polar surface area (TPSA) is 119 Å². The maximum atomic E-state index is 11.3. The summed E-state index contributed by atoms with van der Waals surface area (Å²) in [5, 5.41) is 19.6. The lowest BCUT2D eigenvalue weighted by Crippen LogP contribution is -2.47. The number of aliphatic carboxylic acids is 1. The predicted molar refractivity (Wildman–Crippen MR) is 55.6 cm³/mol. The van der Waals surface area contributed by atoms with Gasteiger partial charge in [-0.15, -0.1) is 10.1 Å². The average molecular weight is 252 g/mol. The summed E-state index contributed by atoms with van der Waals surface area (Å²) < 4.78 is 0. The van der Waals surface area contributed by atoms with Crippen molar-refractivity contribution >= 4 is 24.5 Å². The van der Waals surface area contributed by atoms with E-state index in [0.29, 0.717) is 0 Å². The number of nitrogens with one attached hydrogen (secondary N) is 1. The van der Waals surface area contributed by atoms with Crippen LogP contribution >= 0.6 is 12.6 Å². The Morgan fingerprint density at radius 3 is 2.50 bits per heavy atom. The van der Waals surface area contributed by atoms with E-state index in [4.69, 9.17) is 5.11 Å². The Bertz CT molecular complexity index is 284. The van der Waals surface area contributed by atoms with Crippen LogP contribution in [0.3, 0.4) is 0 Å². The number of carbonyl (C=O) groups is 2. The number of carboxylic acid groups (broad SMARTS) is 1. The zero-order chi connectivity index (χ0) is 12.7. The smallest absolute Gasteiger partial charge is 0.327 e. The monoisotopic (exact) mass is 252 g/mol. The molecule has 2 N–H and O–H groups in total. The van der Waals surface area contributed by atoms with Gasteiger partial charge in [0.2, 0.25) is 5.91 Å². The molecule has 2 unspecified atom stereocenters. The summed E-state index contributed by atoms with van der Waals surface area (Å²) in [4.78, 5) is 36.0. The summed E-state index contributed by atoms with van der Waals surface area (Å²) in [5.41, 5.74) is 0. The summed E-state index contributed by atoms with van der Waals surface area (Å²) in [6, 6.07) is -1.19. The lowest BCUT2D eigenvalue weighted by atomic mass is 10.2. The third kappa shape index (κ3) is 4.82. The third-order valence-corrected chi connectivity index (χ3v) is 2.04. The number of carboxylic acids is 1. The fraction of sp³-hybridized carbons (Fsp3) is 0.714. The molecule has 0 fully saturated rings. The lowest BCUT2D eigenvalue weighted by Gasteiger charge is -2.16. The van der Waals surface area contributed by atoms with Crippen molar-refractivity contribution in [3.63, 3.8) is 0 Å². The van der Waals surface area contributed by atoms with Crippen LogP contribution in [0.25, 0.3) is 0 Å². The number of hydrogen-bond donors (Lipinski definition) is 3. The second-order valence-corrected chi connectivity index (χ2v) is 3.17. The molecule has 0 radical (unpaired) electrons. The van der Waals surface area contributed by atoms with E-state index in [2.05, 4.69) is 22.8 Å². The van der Waals surface area contributed by atoms with Gasteiger partial charge in [0.1, 0.15) is 6.04 Å². The van der Waals surface area contributed by atoms with Crippen molar-refractivity contribution < 1.29 is 24.6 Å². The molecule has 1 amide bonds. The molecular formula is C7H12N2O6S. The average Bonchev–Trinajstić information content (AvgIpc) is 2.21. The van der Waals surface area contributed by atoms with Crippen molar-refractivity contribution in [1.82, 2.24) is 5.32 Å². The fourth-order valence-electron chi connectivity index (χ4n) is 0.862. The molecule has 0 aliphatic heterocycles. The van der Waals surface area contributed by atoms with Crippen molar-refractivity contribution in [2.45, 2.75) is 25.5 Å². The molecule has 0 aromatic heterocycles. The highest BCUT2D eigenvalue weighted by Crippen LogP contribution is 2.00. The first-order valence-electron chi connectivity index (χ1n) is 4.37. The number of amides is 1. The Balaban J connectivity index is 4.40. The number of carbonyl (C=O) groups excluding carboxylic acids is 1. The minimum atomic E-state index is -1.31. The van der Waals surface area contributed by atoms with Crippen LogP contribution in [0, 0.1) is 10.1 Å².